The molecule has 8 nitrogen and oxygen atoms in total. The highest BCUT2D eigenvalue weighted by Crippen LogP contribution is 2.27. The van der Waals surface area contributed by atoms with Crippen LogP contribution in [0.25, 0.3) is 0 Å². The Morgan fingerprint density at radius 2 is 1.56 bits per heavy atom. The van der Waals surface area contributed by atoms with Gasteiger partial charge in [-0.2, -0.15) is 0 Å². The van der Waals surface area contributed by atoms with E-state index < -0.39 is 18.4 Å². The fourth-order valence-corrected chi connectivity index (χ4v) is 2.81. The molecule has 2 atom stereocenters. The Bertz CT molecular complexity index is 807. The van der Waals surface area contributed by atoms with Gasteiger partial charge in [0.1, 0.15) is 11.5 Å². The molecule has 1 heterocycles. The number of hydrogen-bond acceptors (Lipinski definition) is 6. The van der Waals surface area contributed by atoms with Crippen LogP contribution in [-0.2, 0) is 9.53 Å². The van der Waals surface area contributed by atoms with Gasteiger partial charge in [0.25, 0.3) is 0 Å². The van der Waals surface area contributed by atoms with Gasteiger partial charge in [0, 0.05) is 18.3 Å². The average Bonchev–Trinajstić information content (AvgIpc) is 2.96. The summed E-state index contributed by atoms with van der Waals surface area (Å²) in [5.41, 5.74) is 1.33. The third-order valence-corrected chi connectivity index (χ3v) is 4.09. The van der Waals surface area contributed by atoms with Gasteiger partial charge in [0.05, 0.1) is 14.2 Å². The van der Waals surface area contributed by atoms with Crippen LogP contribution >= 0.6 is 0 Å². The van der Waals surface area contributed by atoms with E-state index in [4.69, 9.17) is 14.2 Å². The van der Waals surface area contributed by atoms with Crippen molar-refractivity contribution in [3.63, 3.8) is 0 Å². The summed E-state index contributed by atoms with van der Waals surface area (Å²) in [6.45, 7) is 1.30. The molecule has 1 aliphatic heterocycles. The molecule has 2 N–H and O–H groups in total. The second-order valence-electron chi connectivity index (χ2n) is 5.87. The molecule has 2 unspecified atom stereocenters. The van der Waals surface area contributed by atoms with E-state index in [0.29, 0.717) is 17.2 Å². The minimum atomic E-state index is -0.856. The Balaban J connectivity index is 1.84. The second kappa shape index (κ2) is 7.86. The predicted molar refractivity (Wildman–Crippen MR) is 100.0 cm³/mol. The van der Waals surface area contributed by atoms with Gasteiger partial charge in [-0.3, -0.25) is 9.69 Å². The zero-order valence-electron chi connectivity index (χ0n) is 15.3. The molecular weight excluding hydrogens is 350 g/mol. The van der Waals surface area contributed by atoms with Crippen molar-refractivity contribution in [2.75, 3.05) is 24.4 Å². The van der Waals surface area contributed by atoms with E-state index in [0.717, 1.165) is 5.69 Å². The molecule has 1 saturated heterocycles. The quantitative estimate of drug-likeness (QED) is 0.759. The highest BCUT2D eigenvalue weighted by Gasteiger charge is 2.42. The molecule has 2 aromatic carbocycles. The van der Waals surface area contributed by atoms with Crippen molar-refractivity contribution in [1.82, 2.24) is 5.32 Å². The SMILES string of the molecule is COc1ccc(NC2NC(=O)N(c3ccc(OC)cc3)C2OC(C)=O)cc1. The van der Waals surface area contributed by atoms with Crippen molar-refractivity contribution >= 4 is 23.4 Å². The average molecular weight is 371 g/mol. The van der Waals surface area contributed by atoms with Crippen molar-refractivity contribution in [2.45, 2.75) is 19.3 Å². The molecule has 142 valence electrons. The number of carbonyl (C=O) groups excluding carboxylic acids is 2. The Kier molecular flexibility index (Phi) is 5.35. The molecule has 2 amide bonds. The van der Waals surface area contributed by atoms with Gasteiger partial charge in [-0.15, -0.1) is 0 Å². The van der Waals surface area contributed by atoms with Crippen molar-refractivity contribution in [2.24, 2.45) is 0 Å². The summed E-state index contributed by atoms with van der Waals surface area (Å²) in [6.07, 6.45) is -1.48. The lowest BCUT2D eigenvalue weighted by molar-refractivity contribution is -0.146. The summed E-state index contributed by atoms with van der Waals surface area (Å²) < 4.78 is 15.7. The first-order valence-electron chi connectivity index (χ1n) is 8.33. The number of nitrogens with one attached hydrogen (secondary N) is 2. The maximum atomic E-state index is 12.6. The Morgan fingerprint density at radius 1 is 1.00 bits per heavy atom. The van der Waals surface area contributed by atoms with Gasteiger partial charge < -0.3 is 24.8 Å². The fraction of sp³-hybridized carbons (Fsp3) is 0.263. The second-order valence-corrected chi connectivity index (χ2v) is 5.87. The lowest BCUT2D eigenvalue weighted by Crippen LogP contribution is -2.44. The van der Waals surface area contributed by atoms with E-state index in [1.54, 1.807) is 50.6 Å². The monoisotopic (exact) mass is 371 g/mol. The highest BCUT2D eigenvalue weighted by molar-refractivity contribution is 5.96. The zero-order chi connectivity index (χ0) is 19.4. The molecule has 0 aromatic heterocycles. The third kappa shape index (κ3) is 4.05. The molecular formula is C19H21N3O5. The summed E-state index contributed by atoms with van der Waals surface area (Å²) in [4.78, 5) is 25.6. The molecule has 0 aliphatic carbocycles. The first kappa shape index (κ1) is 18.4. The smallest absolute Gasteiger partial charge is 0.326 e. The molecule has 2 aromatic rings. The molecule has 0 bridgehead atoms. The third-order valence-electron chi connectivity index (χ3n) is 4.09. The van der Waals surface area contributed by atoms with E-state index in [2.05, 4.69) is 10.6 Å². The normalized spacial score (nSPS) is 18.6. The van der Waals surface area contributed by atoms with Crippen LogP contribution in [0.2, 0.25) is 0 Å². The summed E-state index contributed by atoms with van der Waals surface area (Å²) in [6, 6.07) is 13.8. The van der Waals surface area contributed by atoms with E-state index in [1.165, 1.54) is 11.8 Å². The number of esters is 1. The number of rotatable bonds is 6. The highest BCUT2D eigenvalue weighted by atomic mass is 16.6. The van der Waals surface area contributed by atoms with E-state index in [9.17, 15) is 9.59 Å². The van der Waals surface area contributed by atoms with E-state index >= 15 is 0 Å². The van der Waals surface area contributed by atoms with Crippen LogP contribution in [0.15, 0.2) is 48.5 Å². The number of hydrogen-bond donors (Lipinski definition) is 2. The van der Waals surface area contributed by atoms with E-state index in [-0.39, 0.29) is 6.03 Å². The van der Waals surface area contributed by atoms with Gasteiger partial charge in [0.15, 0.2) is 6.17 Å². The Morgan fingerprint density at radius 3 is 2.07 bits per heavy atom. The summed E-state index contributed by atoms with van der Waals surface area (Å²) >= 11 is 0. The first-order chi connectivity index (χ1) is 13.0. The van der Waals surface area contributed by atoms with Crippen molar-refractivity contribution in [3.8, 4) is 11.5 Å². The first-order valence-corrected chi connectivity index (χ1v) is 8.33. The van der Waals surface area contributed by atoms with Crippen LogP contribution in [0.3, 0.4) is 0 Å². The topological polar surface area (TPSA) is 89.1 Å². The fourth-order valence-electron chi connectivity index (χ4n) is 2.81. The van der Waals surface area contributed by atoms with Crippen LogP contribution in [0.5, 0.6) is 11.5 Å². The lowest BCUT2D eigenvalue weighted by Gasteiger charge is -2.26. The zero-order valence-corrected chi connectivity index (χ0v) is 15.3. The molecule has 0 radical (unpaired) electrons. The van der Waals surface area contributed by atoms with Crippen molar-refractivity contribution < 1.29 is 23.8 Å². The number of urea groups is 1. The summed E-state index contributed by atoms with van der Waals surface area (Å²) in [5, 5.41) is 5.97. The Labute approximate surface area is 157 Å². The minimum Gasteiger partial charge on any atom is -0.497 e. The van der Waals surface area contributed by atoms with Gasteiger partial charge in [0.2, 0.25) is 6.23 Å². The lowest BCUT2D eigenvalue weighted by atomic mass is 10.2. The molecule has 3 rings (SSSR count). The standard InChI is InChI=1S/C19H21N3O5/c1-12(23)27-18-17(20-13-4-8-15(25-2)9-5-13)21-19(24)22(18)14-6-10-16(26-3)11-7-14/h4-11,17-18,20H,1-3H3,(H,21,24). The van der Waals surface area contributed by atoms with Crippen molar-refractivity contribution in [1.29, 1.82) is 0 Å². The van der Waals surface area contributed by atoms with Crippen LogP contribution in [0.1, 0.15) is 6.92 Å². The predicted octanol–water partition coefficient (Wildman–Crippen LogP) is 2.56. The van der Waals surface area contributed by atoms with Crippen LogP contribution in [0.4, 0.5) is 16.2 Å². The minimum absolute atomic E-state index is 0.377. The number of anilines is 2. The number of ether oxygens (including phenoxy) is 3. The molecule has 0 saturated carbocycles. The summed E-state index contributed by atoms with van der Waals surface area (Å²) in [7, 11) is 3.15. The number of benzene rings is 2. The molecule has 1 aliphatic rings. The molecule has 1 fully saturated rings. The van der Waals surface area contributed by atoms with Gasteiger partial charge in [-0.05, 0) is 48.5 Å². The van der Waals surface area contributed by atoms with Crippen LogP contribution < -0.4 is 25.0 Å². The van der Waals surface area contributed by atoms with Crippen LogP contribution in [0, 0.1) is 0 Å². The van der Waals surface area contributed by atoms with E-state index in [1.807, 2.05) is 12.1 Å². The maximum absolute atomic E-state index is 12.6. The maximum Gasteiger partial charge on any atom is 0.326 e. The van der Waals surface area contributed by atoms with Gasteiger partial charge in [-0.25, -0.2) is 4.79 Å². The molecule has 0 spiro atoms. The number of nitrogens with zero attached hydrogens (tertiary/aromatic N) is 1. The molecule has 27 heavy (non-hydrogen) atoms. The Hall–Kier alpha value is -3.42. The number of carbonyl (C=O) groups is 2. The molecule has 8 heteroatoms. The number of amides is 2. The van der Waals surface area contributed by atoms with Crippen LogP contribution in [-0.4, -0.2) is 38.6 Å². The largest absolute Gasteiger partial charge is 0.497 e. The van der Waals surface area contributed by atoms with Gasteiger partial charge >= 0.3 is 12.0 Å². The summed E-state index contributed by atoms with van der Waals surface area (Å²) in [5.74, 6) is 0.888. The number of methoxy groups -OCH3 is 2. The van der Waals surface area contributed by atoms with Crippen molar-refractivity contribution in [3.05, 3.63) is 48.5 Å². The van der Waals surface area contributed by atoms with Gasteiger partial charge in [-0.1, -0.05) is 0 Å².